The average molecular weight is 268 g/mol. The summed E-state index contributed by atoms with van der Waals surface area (Å²) in [6, 6.07) is 5.51. The zero-order chi connectivity index (χ0) is 13.7. The van der Waals surface area contributed by atoms with Crippen LogP contribution in [-0.4, -0.2) is 17.0 Å². The van der Waals surface area contributed by atoms with Crippen molar-refractivity contribution in [3.63, 3.8) is 0 Å². The van der Waals surface area contributed by atoms with Crippen LogP contribution in [0.3, 0.4) is 0 Å². The summed E-state index contributed by atoms with van der Waals surface area (Å²) in [5.74, 6) is -1.58. The fourth-order valence-corrected chi connectivity index (χ4v) is 1.57. The van der Waals surface area contributed by atoms with Gasteiger partial charge in [-0.1, -0.05) is 23.7 Å². The molecule has 0 fully saturated rings. The maximum atomic E-state index is 10.9. The van der Waals surface area contributed by atoms with E-state index in [-0.39, 0.29) is 5.70 Å². The van der Waals surface area contributed by atoms with Gasteiger partial charge in [-0.2, -0.15) is 0 Å². The second kappa shape index (κ2) is 6.21. The highest BCUT2D eigenvalue weighted by molar-refractivity contribution is 6.31. The molecular formula is C13H14ClNO3. The lowest BCUT2D eigenvalue weighted by Gasteiger charge is -2.04. The van der Waals surface area contributed by atoms with Crippen LogP contribution in [0.15, 0.2) is 30.0 Å². The van der Waals surface area contributed by atoms with Crippen LogP contribution in [0.25, 0.3) is 0 Å². The highest BCUT2D eigenvalue weighted by Crippen LogP contribution is 2.17. The van der Waals surface area contributed by atoms with Crippen LogP contribution in [0.1, 0.15) is 18.1 Å². The first kappa shape index (κ1) is 14.3. The summed E-state index contributed by atoms with van der Waals surface area (Å²) >= 11 is 5.97. The maximum absolute atomic E-state index is 10.9. The van der Waals surface area contributed by atoms with Gasteiger partial charge in [-0.15, -0.1) is 0 Å². The maximum Gasteiger partial charge on any atom is 0.352 e. The molecule has 96 valence electrons. The molecule has 0 atom stereocenters. The Kier molecular flexibility index (Phi) is 4.92. The van der Waals surface area contributed by atoms with Gasteiger partial charge in [0, 0.05) is 11.9 Å². The number of carboxylic acid groups (broad SMARTS) is 1. The molecule has 5 heteroatoms. The number of aliphatic carboxylic acids is 1. The van der Waals surface area contributed by atoms with E-state index in [0.29, 0.717) is 11.4 Å². The Morgan fingerprint density at radius 1 is 1.44 bits per heavy atom. The Morgan fingerprint density at radius 3 is 2.61 bits per heavy atom. The van der Waals surface area contributed by atoms with Gasteiger partial charge in [0.05, 0.1) is 0 Å². The van der Waals surface area contributed by atoms with Crippen LogP contribution in [-0.2, 0) is 16.0 Å². The summed E-state index contributed by atoms with van der Waals surface area (Å²) in [7, 11) is 0. The van der Waals surface area contributed by atoms with Gasteiger partial charge in [0.15, 0.2) is 0 Å². The molecule has 1 aromatic rings. The fraction of sp³-hybridized carbons (Fsp3) is 0.231. The minimum atomic E-state index is -1.16. The van der Waals surface area contributed by atoms with Gasteiger partial charge in [-0.3, -0.25) is 4.79 Å². The van der Waals surface area contributed by atoms with Gasteiger partial charge >= 0.3 is 5.97 Å². The summed E-state index contributed by atoms with van der Waals surface area (Å²) in [6.45, 7) is 3.15. The monoisotopic (exact) mass is 267 g/mol. The Morgan fingerprint density at radius 2 is 2.11 bits per heavy atom. The summed E-state index contributed by atoms with van der Waals surface area (Å²) in [5.41, 5.74) is 1.72. The molecule has 0 saturated heterocycles. The third-order valence-corrected chi connectivity index (χ3v) is 2.73. The number of nitrogens with one attached hydrogen (secondary N) is 1. The molecule has 1 amide bonds. The minimum Gasteiger partial charge on any atom is -0.477 e. The lowest BCUT2D eigenvalue weighted by Crippen LogP contribution is -2.24. The molecule has 1 aromatic carbocycles. The van der Waals surface area contributed by atoms with Crippen molar-refractivity contribution in [2.75, 3.05) is 0 Å². The second-order valence-corrected chi connectivity index (χ2v) is 4.30. The fourth-order valence-electron chi connectivity index (χ4n) is 1.36. The number of benzene rings is 1. The van der Waals surface area contributed by atoms with Crippen LogP contribution in [0.5, 0.6) is 0 Å². The Bertz CT molecular complexity index is 509. The van der Waals surface area contributed by atoms with Gasteiger partial charge in [-0.05, 0) is 36.6 Å². The normalized spacial score (nSPS) is 11.2. The molecule has 18 heavy (non-hydrogen) atoms. The summed E-state index contributed by atoms with van der Waals surface area (Å²) in [6.07, 6.45) is 1.84. The molecule has 0 saturated carbocycles. The van der Waals surface area contributed by atoms with E-state index in [1.165, 1.54) is 13.0 Å². The molecule has 4 nitrogen and oxygen atoms in total. The molecule has 0 aliphatic heterocycles. The van der Waals surface area contributed by atoms with Crippen LogP contribution in [0, 0.1) is 6.92 Å². The van der Waals surface area contributed by atoms with E-state index in [0.717, 1.165) is 11.1 Å². The van der Waals surface area contributed by atoms with Crippen molar-refractivity contribution in [1.29, 1.82) is 0 Å². The number of allylic oxidation sites excluding steroid dienone is 1. The molecule has 0 aliphatic rings. The van der Waals surface area contributed by atoms with Gasteiger partial charge in [0.2, 0.25) is 5.91 Å². The van der Waals surface area contributed by atoms with E-state index in [2.05, 4.69) is 5.32 Å². The quantitative estimate of drug-likeness (QED) is 0.823. The smallest absolute Gasteiger partial charge is 0.352 e. The zero-order valence-electron chi connectivity index (χ0n) is 10.2. The van der Waals surface area contributed by atoms with E-state index < -0.39 is 11.9 Å². The van der Waals surface area contributed by atoms with Crippen LogP contribution >= 0.6 is 11.6 Å². The van der Waals surface area contributed by atoms with Crippen molar-refractivity contribution >= 4 is 23.5 Å². The first-order chi connectivity index (χ1) is 8.40. The highest BCUT2D eigenvalue weighted by Gasteiger charge is 2.08. The highest BCUT2D eigenvalue weighted by atomic mass is 35.5. The first-order valence-electron chi connectivity index (χ1n) is 5.36. The van der Waals surface area contributed by atoms with Crippen molar-refractivity contribution in [3.05, 3.63) is 46.1 Å². The summed E-state index contributed by atoms with van der Waals surface area (Å²) < 4.78 is 0. The number of carboxylic acids is 1. The topological polar surface area (TPSA) is 66.4 Å². The number of hydrogen-bond donors (Lipinski definition) is 2. The van der Waals surface area contributed by atoms with Gasteiger partial charge < -0.3 is 10.4 Å². The van der Waals surface area contributed by atoms with Crippen molar-refractivity contribution in [3.8, 4) is 0 Å². The van der Waals surface area contributed by atoms with Crippen molar-refractivity contribution in [1.82, 2.24) is 5.32 Å². The molecular weight excluding hydrogens is 254 g/mol. The van der Waals surface area contributed by atoms with E-state index >= 15 is 0 Å². The second-order valence-electron chi connectivity index (χ2n) is 3.89. The largest absolute Gasteiger partial charge is 0.477 e. The Labute approximate surface area is 110 Å². The number of amides is 1. The average Bonchev–Trinajstić information content (AvgIpc) is 2.28. The number of halogens is 1. The van der Waals surface area contributed by atoms with Crippen LogP contribution in [0.4, 0.5) is 0 Å². The molecule has 1 rings (SSSR count). The molecule has 0 radical (unpaired) electrons. The zero-order valence-corrected chi connectivity index (χ0v) is 10.9. The third kappa shape index (κ3) is 4.22. The summed E-state index contributed by atoms with van der Waals surface area (Å²) in [5, 5.41) is 11.8. The number of carbonyl (C=O) groups excluding carboxylic acids is 1. The first-order valence-corrected chi connectivity index (χ1v) is 5.74. The predicted molar refractivity (Wildman–Crippen MR) is 69.4 cm³/mol. The number of carbonyl (C=O) groups is 2. The molecule has 0 heterocycles. The number of rotatable bonds is 4. The summed E-state index contributed by atoms with van der Waals surface area (Å²) in [4.78, 5) is 21.7. The Hall–Kier alpha value is -1.81. The molecule has 0 aliphatic carbocycles. The SMILES string of the molecule is CC(=O)N/C(=C/Cc1ccc(C)c(Cl)c1)C(=O)O. The van der Waals surface area contributed by atoms with E-state index in [1.807, 2.05) is 19.1 Å². The molecule has 0 bridgehead atoms. The third-order valence-electron chi connectivity index (χ3n) is 2.32. The molecule has 2 N–H and O–H groups in total. The standard InChI is InChI=1S/C13H14ClNO3/c1-8-3-4-10(7-11(8)14)5-6-12(13(17)18)15-9(2)16/h3-4,6-7H,5H2,1-2H3,(H,15,16)(H,17,18)/b12-6+. The predicted octanol–water partition coefficient (Wildman–Crippen LogP) is 2.30. The van der Waals surface area contributed by atoms with E-state index in [9.17, 15) is 9.59 Å². The van der Waals surface area contributed by atoms with Gasteiger partial charge in [0.25, 0.3) is 0 Å². The van der Waals surface area contributed by atoms with Crippen LogP contribution < -0.4 is 5.32 Å². The number of aryl methyl sites for hydroxylation is 1. The van der Waals surface area contributed by atoms with Gasteiger partial charge in [0.1, 0.15) is 5.70 Å². The van der Waals surface area contributed by atoms with E-state index in [1.54, 1.807) is 6.07 Å². The molecule has 0 spiro atoms. The Balaban J connectivity index is 2.84. The van der Waals surface area contributed by atoms with E-state index in [4.69, 9.17) is 16.7 Å². The molecule has 0 aromatic heterocycles. The minimum absolute atomic E-state index is 0.126. The van der Waals surface area contributed by atoms with Crippen molar-refractivity contribution < 1.29 is 14.7 Å². The lowest BCUT2D eigenvalue weighted by molar-refractivity contribution is -0.134. The van der Waals surface area contributed by atoms with Crippen molar-refractivity contribution in [2.45, 2.75) is 20.3 Å². The van der Waals surface area contributed by atoms with Gasteiger partial charge in [-0.25, -0.2) is 4.79 Å². The van der Waals surface area contributed by atoms with Crippen molar-refractivity contribution in [2.24, 2.45) is 0 Å². The molecule has 0 unspecified atom stereocenters. The number of hydrogen-bond acceptors (Lipinski definition) is 2. The lowest BCUT2D eigenvalue weighted by atomic mass is 10.1. The van der Waals surface area contributed by atoms with Crippen LogP contribution in [0.2, 0.25) is 5.02 Å².